The molecule has 0 unspecified atom stereocenters. The van der Waals surface area contributed by atoms with Crippen LogP contribution in [0.5, 0.6) is 5.75 Å². The van der Waals surface area contributed by atoms with Crippen LogP contribution < -0.4 is 10.1 Å². The van der Waals surface area contributed by atoms with Crippen LogP contribution in [0.25, 0.3) is 0 Å². The fraction of sp³-hybridized carbons (Fsp3) is 0.520. The van der Waals surface area contributed by atoms with E-state index in [9.17, 15) is 14.0 Å². The Bertz CT molecular complexity index is 916. The van der Waals surface area contributed by atoms with Crippen molar-refractivity contribution in [3.8, 4) is 5.75 Å². The first-order chi connectivity index (χ1) is 15.9. The molecule has 0 aliphatic carbocycles. The Kier molecular flexibility index (Phi) is 9.11. The highest BCUT2D eigenvalue weighted by atomic mass is 32.1. The molecule has 1 atom stereocenters. The number of rotatable bonds is 10. The molecule has 0 saturated carbocycles. The van der Waals surface area contributed by atoms with Crippen LogP contribution in [0.2, 0.25) is 0 Å². The lowest BCUT2D eigenvalue weighted by molar-refractivity contribution is -0.135. The summed E-state index contributed by atoms with van der Waals surface area (Å²) >= 11 is 1.69. The second kappa shape index (κ2) is 12.0. The minimum absolute atomic E-state index is 0.0365. The lowest BCUT2D eigenvalue weighted by Gasteiger charge is -2.37. The van der Waals surface area contributed by atoms with E-state index >= 15 is 0 Å². The monoisotopic (exact) mass is 475 g/mol. The number of halogens is 1. The van der Waals surface area contributed by atoms with Crippen molar-refractivity contribution in [2.45, 2.75) is 46.1 Å². The molecule has 0 saturated heterocycles. The molecule has 180 valence electrons. The van der Waals surface area contributed by atoms with Crippen LogP contribution in [-0.4, -0.2) is 54.5 Å². The van der Waals surface area contributed by atoms with Gasteiger partial charge in [-0.15, -0.1) is 11.3 Å². The van der Waals surface area contributed by atoms with Crippen molar-refractivity contribution in [2.75, 3.05) is 32.8 Å². The van der Waals surface area contributed by atoms with Gasteiger partial charge in [0.25, 0.3) is 0 Å². The lowest BCUT2D eigenvalue weighted by atomic mass is 10.0. The molecule has 1 aliphatic heterocycles. The molecule has 6 nitrogen and oxygen atoms in total. The second-order valence-corrected chi connectivity index (χ2v) is 9.75. The zero-order valence-corrected chi connectivity index (χ0v) is 20.5. The van der Waals surface area contributed by atoms with E-state index in [1.807, 2.05) is 23.3 Å². The summed E-state index contributed by atoms with van der Waals surface area (Å²) in [6.07, 6.45) is 2.46. The van der Waals surface area contributed by atoms with Gasteiger partial charge in [-0.25, -0.2) is 9.18 Å². The largest absolute Gasteiger partial charge is 0.491 e. The zero-order chi connectivity index (χ0) is 23.8. The fourth-order valence-electron chi connectivity index (χ4n) is 3.84. The number of nitrogens with one attached hydrogen (secondary N) is 1. The van der Waals surface area contributed by atoms with Crippen molar-refractivity contribution in [2.24, 2.45) is 5.92 Å². The summed E-state index contributed by atoms with van der Waals surface area (Å²) < 4.78 is 19.2. The van der Waals surface area contributed by atoms with E-state index in [1.165, 1.54) is 17.0 Å². The first-order valence-electron chi connectivity index (χ1n) is 11.7. The number of hydrogen-bond donors (Lipinski definition) is 1. The number of nitrogens with zero attached hydrogens (tertiary/aromatic N) is 2. The standard InChI is InChI=1S/C25H34FN3O3S/c1-4-12-27-25(31)28(13-9-18(2)3)16-24(30)29-14-10-23-21(11-15-33-23)22(29)17-32-20-7-5-19(26)6-8-20/h5-8,11,15,18,22H,4,9-10,12-14,16-17H2,1-3H3,(H,27,31)/t22-/m1/s1. The summed E-state index contributed by atoms with van der Waals surface area (Å²) in [5.41, 5.74) is 1.09. The fourth-order valence-corrected chi connectivity index (χ4v) is 4.77. The third-order valence-electron chi connectivity index (χ3n) is 5.75. The van der Waals surface area contributed by atoms with E-state index < -0.39 is 0 Å². The van der Waals surface area contributed by atoms with E-state index in [2.05, 4.69) is 19.2 Å². The van der Waals surface area contributed by atoms with Crippen molar-refractivity contribution in [3.63, 3.8) is 0 Å². The molecule has 0 fully saturated rings. The molecule has 2 aromatic rings. The summed E-state index contributed by atoms with van der Waals surface area (Å²) in [6.45, 7) is 8.23. The van der Waals surface area contributed by atoms with E-state index in [-0.39, 0.29) is 36.9 Å². The van der Waals surface area contributed by atoms with Gasteiger partial charge in [0.05, 0.1) is 6.04 Å². The van der Waals surface area contributed by atoms with Gasteiger partial charge in [-0.3, -0.25) is 4.79 Å². The Labute approximate surface area is 199 Å². The molecule has 1 aliphatic rings. The van der Waals surface area contributed by atoms with Gasteiger partial charge in [-0.2, -0.15) is 0 Å². The summed E-state index contributed by atoms with van der Waals surface area (Å²) in [7, 11) is 0. The van der Waals surface area contributed by atoms with Gasteiger partial charge in [-0.05, 0) is 66.5 Å². The van der Waals surface area contributed by atoms with Gasteiger partial charge in [0.1, 0.15) is 24.7 Å². The summed E-state index contributed by atoms with van der Waals surface area (Å²) in [5.74, 6) is 0.584. The Morgan fingerprint density at radius 2 is 2.03 bits per heavy atom. The maximum atomic E-state index is 13.4. The van der Waals surface area contributed by atoms with Crippen molar-refractivity contribution in [1.29, 1.82) is 0 Å². The Morgan fingerprint density at radius 1 is 1.27 bits per heavy atom. The number of ether oxygens (including phenoxy) is 1. The zero-order valence-electron chi connectivity index (χ0n) is 19.7. The molecule has 0 bridgehead atoms. The SMILES string of the molecule is CCCNC(=O)N(CCC(C)C)CC(=O)N1CCc2sccc2[C@H]1COc1ccc(F)cc1. The molecular weight excluding hydrogens is 441 g/mol. The molecule has 0 spiro atoms. The van der Waals surface area contributed by atoms with Gasteiger partial charge < -0.3 is 19.9 Å². The molecule has 8 heteroatoms. The highest BCUT2D eigenvalue weighted by molar-refractivity contribution is 7.10. The average Bonchev–Trinajstić information content (AvgIpc) is 3.28. The Hall–Kier alpha value is -2.61. The van der Waals surface area contributed by atoms with Crippen LogP contribution in [0.1, 0.15) is 50.1 Å². The number of hydrogen-bond acceptors (Lipinski definition) is 4. The molecule has 2 heterocycles. The van der Waals surface area contributed by atoms with Crippen LogP contribution >= 0.6 is 11.3 Å². The molecule has 33 heavy (non-hydrogen) atoms. The van der Waals surface area contributed by atoms with E-state index in [0.29, 0.717) is 31.3 Å². The third kappa shape index (κ3) is 6.93. The Morgan fingerprint density at radius 3 is 2.73 bits per heavy atom. The van der Waals surface area contributed by atoms with E-state index in [4.69, 9.17) is 4.74 Å². The average molecular weight is 476 g/mol. The first-order valence-corrected chi connectivity index (χ1v) is 12.5. The number of benzene rings is 1. The van der Waals surface area contributed by atoms with Crippen LogP contribution in [0.3, 0.4) is 0 Å². The lowest BCUT2D eigenvalue weighted by Crippen LogP contribution is -2.50. The van der Waals surface area contributed by atoms with Crippen molar-refractivity contribution < 1.29 is 18.7 Å². The predicted octanol–water partition coefficient (Wildman–Crippen LogP) is 4.86. The molecule has 1 aromatic carbocycles. The quantitative estimate of drug-likeness (QED) is 0.534. The van der Waals surface area contributed by atoms with Crippen molar-refractivity contribution in [1.82, 2.24) is 15.1 Å². The van der Waals surface area contributed by atoms with Gasteiger partial charge in [-0.1, -0.05) is 20.8 Å². The van der Waals surface area contributed by atoms with Gasteiger partial charge in [0.2, 0.25) is 5.91 Å². The smallest absolute Gasteiger partial charge is 0.317 e. The van der Waals surface area contributed by atoms with Gasteiger partial charge in [0.15, 0.2) is 0 Å². The van der Waals surface area contributed by atoms with Crippen molar-refractivity contribution >= 4 is 23.3 Å². The number of fused-ring (bicyclic) bond motifs is 1. The molecule has 0 radical (unpaired) electrons. The minimum Gasteiger partial charge on any atom is -0.491 e. The topological polar surface area (TPSA) is 61.9 Å². The number of amides is 3. The highest BCUT2D eigenvalue weighted by Crippen LogP contribution is 2.34. The first kappa shape index (κ1) is 25.0. The van der Waals surface area contributed by atoms with Gasteiger partial charge >= 0.3 is 6.03 Å². The predicted molar refractivity (Wildman–Crippen MR) is 129 cm³/mol. The van der Waals surface area contributed by atoms with Crippen LogP contribution in [-0.2, 0) is 11.2 Å². The third-order valence-corrected chi connectivity index (χ3v) is 6.75. The number of thiophene rings is 1. The highest BCUT2D eigenvalue weighted by Gasteiger charge is 2.33. The van der Waals surface area contributed by atoms with Crippen molar-refractivity contribution in [3.05, 3.63) is 52.0 Å². The molecule has 1 N–H and O–H groups in total. The maximum Gasteiger partial charge on any atom is 0.317 e. The van der Waals surface area contributed by atoms with Gasteiger partial charge in [0, 0.05) is 24.5 Å². The maximum absolute atomic E-state index is 13.4. The molecule has 1 aromatic heterocycles. The molecular formula is C25H34FN3O3S. The molecule has 3 amide bonds. The Balaban J connectivity index is 1.73. The summed E-state index contributed by atoms with van der Waals surface area (Å²) in [5, 5.41) is 4.94. The van der Waals surface area contributed by atoms with Crippen LogP contribution in [0.15, 0.2) is 35.7 Å². The minimum atomic E-state index is -0.320. The number of carbonyl (C=O) groups is 2. The van der Waals surface area contributed by atoms with Crippen LogP contribution in [0, 0.1) is 11.7 Å². The number of urea groups is 1. The second-order valence-electron chi connectivity index (χ2n) is 8.75. The van der Waals surface area contributed by atoms with E-state index in [1.54, 1.807) is 28.4 Å². The molecule has 3 rings (SSSR count). The number of carbonyl (C=O) groups excluding carboxylic acids is 2. The van der Waals surface area contributed by atoms with E-state index in [0.717, 1.165) is 24.8 Å². The normalized spacial score (nSPS) is 15.3. The van der Waals surface area contributed by atoms with Crippen LogP contribution in [0.4, 0.5) is 9.18 Å². The summed E-state index contributed by atoms with van der Waals surface area (Å²) in [4.78, 5) is 30.8. The summed E-state index contributed by atoms with van der Waals surface area (Å²) in [6, 6.07) is 7.49.